The number of morpholine rings is 1. The fraction of sp³-hybridized carbons (Fsp3) is 0.568. The molecule has 0 saturated carbocycles. The molecule has 7 atom stereocenters. The van der Waals surface area contributed by atoms with Gasteiger partial charge in [0.15, 0.2) is 5.60 Å². The molecule has 1 aromatic rings. The number of aromatic hydroxyl groups is 1. The van der Waals surface area contributed by atoms with Gasteiger partial charge in [-0.15, -0.1) is 0 Å². The first-order chi connectivity index (χ1) is 27.0. The summed E-state index contributed by atoms with van der Waals surface area (Å²) < 4.78 is 17.5. The number of rotatable bonds is 2. The zero-order valence-electron chi connectivity index (χ0n) is 35.4. The molecular formula is C44H62N2O11. The highest BCUT2D eigenvalue weighted by Crippen LogP contribution is 2.49. The number of benzene rings is 1. The predicted octanol–water partition coefficient (Wildman–Crippen LogP) is 5.79. The molecule has 13 nitrogen and oxygen atoms in total. The van der Waals surface area contributed by atoms with Crippen LogP contribution in [0.3, 0.4) is 0 Å². The molecular weight excluding hydrogens is 732 g/mol. The molecule has 5 bridgehead atoms. The number of allylic oxidation sites excluding steroid dienone is 6. The Hall–Kier alpha value is -4.59. The van der Waals surface area contributed by atoms with Gasteiger partial charge in [-0.2, -0.15) is 0 Å². The molecule has 1 saturated heterocycles. The van der Waals surface area contributed by atoms with Gasteiger partial charge in [-0.1, -0.05) is 71.9 Å². The van der Waals surface area contributed by atoms with Crippen LogP contribution in [0.25, 0.3) is 0 Å². The van der Waals surface area contributed by atoms with E-state index in [4.69, 9.17) is 19.3 Å². The van der Waals surface area contributed by atoms with Crippen molar-refractivity contribution >= 4 is 29.2 Å². The lowest BCUT2D eigenvalue weighted by Crippen LogP contribution is -2.45. The fourth-order valence-corrected chi connectivity index (χ4v) is 7.85. The maximum Gasteiger partial charge on any atom is 0.302 e. The maximum atomic E-state index is 14.6. The standard InChI is InChI=1S/C41H52N2O10.C2H6.CH4O/c1-21-12-11-14-23(3)40(50)42-31-32(43-16-18-51-19-17-43)36(48)28-29(35(31)47)34(46)26(6)38-30(28)39(49)41(8,53-38)15-10-9-13-22(2)37(52-27(7)44)25(5)33(45)24(4)20-21;2*1-2/h9-12,14,21-22,24-25,33,37,45-46H,13,15-20H2,1-8H3,(H,42,50);1-2H3;2H,1H3/b10-9+,12-11+,23-14-;;/t21-,22+,24+,25+,33+,37+,41+;;/m0../s1. The number of phenolic OH excluding ortho intramolecular Hbond substituents is 1. The number of carbonyl (C=O) groups is 5. The topological polar surface area (TPSA) is 189 Å². The van der Waals surface area contributed by atoms with Crippen LogP contribution in [0, 0.1) is 30.6 Å². The third kappa shape index (κ3) is 9.93. The number of amides is 1. The van der Waals surface area contributed by atoms with Gasteiger partial charge in [-0.3, -0.25) is 24.0 Å². The third-order valence-electron chi connectivity index (χ3n) is 11.0. The van der Waals surface area contributed by atoms with Gasteiger partial charge in [-0.05, 0) is 51.4 Å². The first-order valence-corrected chi connectivity index (χ1v) is 19.9. The van der Waals surface area contributed by atoms with Crippen LogP contribution >= 0.6 is 0 Å². The van der Waals surface area contributed by atoms with E-state index in [1.807, 2.05) is 53.7 Å². The maximum absolute atomic E-state index is 14.6. The Bertz CT molecular complexity index is 1820. The fourth-order valence-electron chi connectivity index (χ4n) is 7.85. The monoisotopic (exact) mass is 794 g/mol. The molecule has 6 rings (SSSR count). The highest BCUT2D eigenvalue weighted by molar-refractivity contribution is 6.32. The van der Waals surface area contributed by atoms with Crippen LogP contribution in [0.2, 0.25) is 0 Å². The molecule has 0 aromatic heterocycles. The Kier molecular flexibility index (Phi) is 16.6. The Morgan fingerprint density at radius 3 is 2.19 bits per heavy atom. The van der Waals surface area contributed by atoms with E-state index in [-0.39, 0.29) is 101 Å². The van der Waals surface area contributed by atoms with E-state index in [0.717, 1.165) is 7.11 Å². The van der Waals surface area contributed by atoms with E-state index < -0.39 is 52.8 Å². The number of phenols is 1. The molecule has 4 aliphatic heterocycles. The van der Waals surface area contributed by atoms with Crippen molar-refractivity contribution in [3.8, 4) is 11.5 Å². The average Bonchev–Trinajstić information content (AvgIpc) is 3.46. The number of hydrogen-bond acceptors (Lipinski definition) is 12. The van der Waals surface area contributed by atoms with Crippen molar-refractivity contribution in [2.24, 2.45) is 23.7 Å². The second-order valence-corrected chi connectivity index (χ2v) is 15.3. The van der Waals surface area contributed by atoms with Crippen LogP contribution in [-0.4, -0.2) is 101 Å². The van der Waals surface area contributed by atoms with E-state index in [0.29, 0.717) is 12.8 Å². The van der Waals surface area contributed by atoms with Crippen LogP contribution < -0.4 is 10.1 Å². The van der Waals surface area contributed by atoms with E-state index in [1.54, 1.807) is 37.0 Å². The van der Waals surface area contributed by atoms with Gasteiger partial charge >= 0.3 is 5.97 Å². The Balaban J connectivity index is 0.00000211. The second kappa shape index (κ2) is 20.2. The van der Waals surface area contributed by atoms with Crippen molar-refractivity contribution in [1.82, 2.24) is 10.2 Å². The number of fused-ring (bicyclic) bond motifs is 14. The molecule has 1 amide bonds. The SMILES string of the molecule is CC.CC(=O)O[C@H]1[C@H](C)[C@H](O)[C@H](C)C[C@@H](C)/C=C/C=C(/C)C(=O)NC2=C(N3CCOCC3)C(=O)c3c(c(O)c(C)c4c3C(=O)[C@@](C)(C/C=C/C[C@H]1C)O4)C2=O.CO. The number of nitrogens with zero attached hydrogens (tertiary/aromatic N) is 1. The van der Waals surface area contributed by atoms with Crippen molar-refractivity contribution < 1.29 is 53.5 Å². The van der Waals surface area contributed by atoms with Crippen molar-refractivity contribution in [3.63, 3.8) is 0 Å². The van der Waals surface area contributed by atoms with Crippen molar-refractivity contribution in [3.05, 3.63) is 69.6 Å². The van der Waals surface area contributed by atoms with E-state index >= 15 is 0 Å². The number of carbonyl (C=O) groups excluding carboxylic acids is 5. The van der Waals surface area contributed by atoms with Crippen LogP contribution in [0.15, 0.2) is 47.3 Å². The molecule has 0 unspecified atom stereocenters. The molecule has 5 aliphatic rings. The summed E-state index contributed by atoms with van der Waals surface area (Å²) >= 11 is 0. The number of Topliss-reactive ketones (excluding diaryl/α,β-unsaturated/α-hetero) is 3. The largest absolute Gasteiger partial charge is 0.507 e. The number of hydrogen-bond donors (Lipinski definition) is 4. The van der Waals surface area contributed by atoms with Gasteiger partial charge in [-0.25, -0.2) is 0 Å². The predicted molar refractivity (Wildman–Crippen MR) is 216 cm³/mol. The van der Waals surface area contributed by atoms with Gasteiger partial charge in [0.05, 0.1) is 36.0 Å². The molecule has 13 heteroatoms. The minimum absolute atomic E-state index is 0.0146. The molecule has 4 heterocycles. The molecule has 4 N–H and O–H groups in total. The van der Waals surface area contributed by atoms with Gasteiger partial charge in [0, 0.05) is 50.6 Å². The molecule has 314 valence electrons. The summed E-state index contributed by atoms with van der Waals surface area (Å²) in [5.41, 5.74) is -2.12. The summed E-state index contributed by atoms with van der Waals surface area (Å²) in [6.45, 7) is 18.9. The van der Waals surface area contributed by atoms with Gasteiger partial charge in [0.2, 0.25) is 17.3 Å². The Morgan fingerprint density at radius 2 is 1.58 bits per heavy atom. The van der Waals surface area contributed by atoms with E-state index in [1.165, 1.54) is 13.8 Å². The zero-order chi connectivity index (χ0) is 42.9. The third-order valence-corrected chi connectivity index (χ3v) is 11.0. The van der Waals surface area contributed by atoms with Crippen LogP contribution in [0.1, 0.15) is 118 Å². The van der Waals surface area contributed by atoms with Gasteiger partial charge in [0.25, 0.3) is 5.91 Å². The quantitative estimate of drug-likeness (QED) is 0.209. The first-order valence-electron chi connectivity index (χ1n) is 19.9. The Morgan fingerprint density at radius 1 is 0.947 bits per heavy atom. The summed E-state index contributed by atoms with van der Waals surface area (Å²) in [5, 5.41) is 32.5. The molecule has 57 heavy (non-hydrogen) atoms. The highest BCUT2D eigenvalue weighted by Gasteiger charge is 2.51. The smallest absolute Gasteiger partial charge is 0.302 e. The number of ketones is 3. The van der Waals surface area contributed by atoms with E-state index in [9.17, 15) is 34.2 Å². The number of ether oxygens (including phenoxy) is 3. The molecule has 1 aliphatic carbocycles. The van der Waals surface area contributed by atoms with Crippen molar-refractivity contribution in [1.29, 1.82) is 0 Å². The minimum Gasteiger partial charge on any atom is -0.507 e. The number of esters is 1. The summed E-state index contributed by atoms with van der Waals surface area (Å²) in [7, 11) is 1.00. The molecule has 1 aromatic carbocycles. The van der Waals surface area contributed by atoms with Crippen molar-refractivity contribution in [2.45, 2.75) is 106 Å². The average molecular weight is 795 g/mol. The number of nitrogens with one attached hydrogen (secondary N) is 1. The van der Waals surface area contributed by atoms with Crippen LogP contribution in [0.5, 0.6) is 11.5 Å². The molecule has 0 spiro atoms. The lowest BCUT2D eigenvalue weighted by Gasteiger charge is -2.34. The van der Waals surface area contributed by atoms with Crippen LogP contribution in [0.4, 0.5) is 0 Å². The second-order valence-electron chi connectivity index (χ2n) is 15.3. The first kappa shape index (κ1) is 46.8. The zero-order valence-corrected chi connectivity index (χ0v) is 35.4. The lowest BCUT2D eigenvalue weighted by molar-refractivity contribution is -0.156. The van der Waals surface area contributed by atoms with Crippen LogP contribution in [-0.2, 0) is 19.1 Å². The highest BCUT2D eigenvalue weighted by atomic mass is 16.5. The number of aliphatic hydroxyl groups is 2. The van der Waals surface area contributed by atoms with Gasteiger partial charge < -0.3 is 39.7 Å². The van der Waals surface area contributed by atoms with Crippen molar-refractivity contribution in [2.75, 3.05) is 33.4 Å². The summed E-state index contributed by atoms with van der Waals surface area (Å²) in [6, 6.07) is 0. The summed E-state index contributed by atoms with van der Waals surface area (Å²) in [5.74, 6) is -4.23. The lowest BCUT2D eigenvalue weighted by atomic mass is 9.80. The molecule has 0 radical (unpaired) electrons. The summed E-state index contributed by atoms with van der Waals surface area (Å²) in [6.07, 6.45) is 8.74. The summed E-state index contributed by atoms with van der Waals surface area (Å²) in [4.78, 5) is 70.8. The number of aliphatic hydroxyl groups excluding tert-OH is 2. The Labute approximate surface area is 336 Å². The normalized spacial score (nSPS) is 30.4. The van der Waals surface area contributed by atoms with E-state index in [2.05, 4.69) is 5.32 Å². The minimum atomic E-state index is -1.47. The molecule has 1 fully saturated rings. The van der Waals surface area contributed by atoms with Gasteiger partial charge in [0.1, 0.15) is 29.0 Å².